The highest BCUT2D eigenvalue weighted by Gasteiger charge is 2.36. The van der Waals surface area contributed by atoms with E-state index in [1.807, 2.05) is 17.5 Å². The van der Waals surface area contributed by atoms with E-state index >= 15 is 0 Å². The molecule has 0 unspecified atom stereocenters. The van der Waals surface area contributed by atoms with Gasteiger partial charge in [0.1, 0.15) is 5.69 Å². The third-order valence-electron chi connectivity index (χ3n) is 3.48. The molecule has 1 saturated heterocycles. The van der Waals surface area contributed by atoms with Crippen LogP contribution >= 0.6 is 11.3 Å². The van der Waals surface area contributed by atoms with Crippen LogP contribution < -0.4 is 0 Å². The average molecular weight is 313 g/mol. The van der Waals surface area contributed by atoms with Gasteiger partial charge >= 0.3 is 0 Å². The fourth-order valence-corrected chi connectivity index (χ4v) is 2.93. The molecule has 22 heavy (non-hydrogen) atoms. The number of carbonyl (C=O) groups excluding carboxylic acids is 1. The van der Waals surface area contributed by atoms with Gasteiger partial charge in [-0.05, 0) is 11.4 Å². The van der Waals surface area contributed by atoms with E-state index < -0.39 is 0 Å². The molecule has 7 nitrogen and oxygen atoms in total. The SMILES string of the molecule is O=C(c1cnccn1)N1CC(c2nc(-c3cccs3)no2)C1. The van der Waals surface area contributed by atoms with Gasteiger partial charge in [-0.2, -0.15) is 4.98 Å². The molecule has 4 heterocycles. The Morgan fingerprint density at radius 3 is 3.00 bits per heavy atom. The standard InChI is InChI=1S/C14H11N5O2S/c20-14(10-6-15-3-4-16-10)19-7-9(8-19)13-17-12(18-21-13)11-2-1-5-22-11/h1-6,9H,7-8H2. The monoisotopic (exact) mass is 313 g/mol. The molecule has 0 saturated carbocycles. The first kappa shape index (κ1) is 13.1. The Morgan fingerprint density at radius 2 is 2.27 bits per heavy atom. The average Bonchev–Trinajstić information content (AvgIpc) is 3.17. The number of aromatic nitrogens is 4. The van der Waals surface area contributed by atoms with Gasteiger partial charge in [-0.1, -0.05) is 11.2 Å². The molecule has 1 amide bonds. The van der Waals surface area contributed by atoms with Crippen molar-refractivity contribution in [3.05, 3.63) is 47.7 Å². The fraction of sp³-hybridized carbons (Fsp3) is 0.214. The zero-order valence-corrected chi connectivity index (χ0v) is 12.2. The van der Waals surface area contributed by atoms with Crippen LogP contribution in [-0.4, -0.2) is 44.0 Å². The number of hydrogen-bond acceptors (Lipinski definition) is 7. The number of thiophene rings is 1. The Balaban J connectivity index is 1.42. The van der Waals surface area contributed by atoms with Crippen molar-refractivity contribution in [2.75, 3.05) is 13.1 Å². The molecule has 110 valence electrons. The molecule has 0 spiro atoms. The fourth-order valence-electron chi connectivity index (χ4n) is 2.28. The van der Waals surface area contributed by atoms with Gasteiger partial charge < -0.3 is 9.42 Å². The quantitative estimate of drug-likeness (QED) is 0.733. The Labute approximate surface area is 129 Å². The highest BCUT2D eigenvalue weighted by molar-refractivity contribution is 7.13. The minimum absolute atomic E-state index is 0.0850. The second kappa shape index (κ2) is 5.30. The molecule has 4 rings (SSSR count). The van der Waals surface area contributed by atoms with E-state index in [2.05, 4.69) is 20.1 Å². The van der Waals surface area contributed by atoms with E-state index in [9.17, 15) is 4.79 Å². The molecule has 0 N–H and O–H groups in total. The second-order valence-corrected chi connectivity index (χ2v) is 5.88. The van der Waals surface area contributed by atoms with Gasteiger partial charge in [0.2, 0.25) is 11.7 Å². The Kier molecular flexibility index (Phi) is 3.15. The first-order chi connectivity index (χ1) is 10.8. The first-order valence-corrected chi connectivity index (χ1v) is 7.62. The van der Waals surface area contributed by atoms with E-state index in [0.717, 1.165) is 4.88 Å². The van der Waals surface area contributed by atoms with Crippen LogP contribution in [0.3, 0.4) is 0 Å². The second-order valence-electron chi connectivity index (χ2n) is 4.93. The zero-order valence-electron chi connectivity index (χ0n) is 11.4. The number of carbonyl (C=O) groups is 1. The summed E-state index contributed by atoms with van der Waals surface area (Å²) in [5.41, 5.74) is 0.353. The van der Waals surface area contributed by atoms with Crippen LogP contribution in [0.4, 0.5) is 0 Å². The summed E-state index contributed by atoms with van der Waals surface area (Å²) >= 11 is 1.56. The van der Waals surface area contributed by atoms with Crippen molar-refractivity contribution in [2.45, 2.75) is 5.92 Å². The van der Waals surface area contributed by atoms with Crippen LogP contribution in [0.15, 0.2) is 40.6 Å². The number of hydrogen-bond donors (Lipinski definition) is 0. The van der Waals surface area contributed by atoms with E-state index in [0.29, 0.717) is 30.5 Å². The number of nitrogens with zero attached hydrogens (tertiary/aromatic N) is 5. The molecular formula is C14H11N5O2S. The molecule has 3 aromatic rings. The smallest absolute Gasteiger partial charge is 0.274 e. The maximum atomic E-state index is 12.2. The summed E-state index contributed by atoms with van der Waals surface area (Å²) in [4.78, 5) is 27.2. The molecule has 0 aromatic carbocycles. The van der Waals surface area contributed by atoms with E-state index in [1.165, 1.54) is 12.4 Å². The predicted molar refractivity (Wildman–Crippen MR) is 78.3 cm³/mol. The van der Waals surface area contributed by atoms with Crippen LogP contribution in [0.25, 0.3) is 10.7 Å². The molecule has 0 aliphatic carbocycles. The number of amides is 1. The molecule has 1 fully saturated rings. The first-order valence-electron chi connectivity index (χ1n) is 6.74. The van der Waals surface area contributed by atoms with Gasteiger partial charge in [-0.15, -0.1) is 11.3 Å². The van der Waals surface area contributed by atoms with Crippen molar-refractivity contribution in [2.24, 2.45) is 0 Å². The van der Waals surface area contributed by atoms with Crippen LogP contribution in [0.5, 0.6) is 0 Å². The lowest BCUT2D eigenvalue weighted by Gasteiger charge is -2.36. The van der Waals surface area contributed by atoms with Crippen LogP contribution in [-0.2, 0) is 0 Å². The molecule has 1 aliphatic heterocycles. The van der Waals surface area contributed by atoms with Crippen molar-refractivity contribution >= 4 is 17.2 Å². The Hall–Kier alpha value is -2.61. The minimum atomic E-state index is -0.123. The molecule has 3 aromatic heterocycles. The van der Waals surface area contributed by atoms with Gasteiger partial charge in [-0.25, -0.2) is 4.98 Å². The van der Waals surface area contributed by atoms with E-state index in [1.54, 1.807) is 22.4 Å². The summed E-state index contributed by atoms with van der Waals surface area (Å²) in [6.07, 6.45) is 4.52. The van der Waals surface area contributed by atoms with Crippen molar-refractivity contribution < 1.29 is 9.32 Å². The zero-order chi connectivity index (χ0) is 14.9. The summed E-state index contributed by atoms with van der Waals surface area (Å²) < 4.78 is 5.31. The maximum absolute atomic E-state index is 12.2. The third-order valence-corrected chi connectivity index (χ3v) is 4.35. The predicted octanol–water partition coefficient (Wildman–Crippen LogP) is 1.83. The van der Waals surface area contributed by atoms with Crippen LogP contribution in [0, 0.1) is 0 Å². The van der Waals surface area contributed by atoms with Gasteiger partial charge in [0, 0.05) is 25.5 Å². The minimum Gasteiger partial charge on any atom is -0.339 e. The van der Waals surface area contributed by atoms with Gasteiger partial charge in [-0.3, -0.25) is 9.78 Å². The van der Waals surface area contributed by atoms with Gasteiger partial charge in [0.15, 0.2) is 0 Å². The third kappa shape index (κ3) is 2.27. The Morgan fingerprint density at radius 1 is 1.36 bits per heavy atom. The molecule has 1 aliphatic rings. The maximum Gasteiger partial charge on any atom is 0.274 e. The van der Waals surface area contributed by atoms with Crippen molar-refractivity contribution in [3.8, 4) is 10.7 Å². The van der Waals surface area contributed by atoms with Crippen molar-refractivity contribution in [1.29, 1.82) is 0 Å². The Bertz CT molecular complexity index is 781. The lowest BCUT2D eigenvalue weighted by atomic mass is 10.00. The van der Waals surface area contributed by atoms with Crippen molar-refractivity contribution in [3.63, 3.8) is 0 Å². The topological polar surface area (TPSA) is 85.0 Å². The van der Waals surface area contributed by atoms with Crippen LogP contribution in [0.1, 0.15) is 22.3 Å². The van der Waals surface area contributed by atoms with Gasteiger partial charge in [0.25, 0.3) is 5.91 Å². The highest BCUT2D eigenvalue weighted by atomic mass is 32.1. The summed E-state index contributed by atoms with van der Waals surface area (Å²) in [7, 11) is 0. The van der Waals surface area contributed by atoms with Crippen LogP contribution in [0.2, 0.25) is 0 Å². The van der Waals surface area contributed by atoms with E-state index in [4.69, 9.17) is 4.52 Å². The molecule has 0 atom stereocenters. The largest absolute Gasteiger partial charge is 0.339 e. The molecule has 0 radical (unpaired) electrons. The van der Waals surface area contributed by atoms with Crippen molar-refractivity contribution in [1.82, 2.24) is 25.0 Å². The number of rotatable bonds is 3. The highest BCUT2D eigenvalue weighted by Crippen LogP contribution is 2.29. The lowest BCUT2D eigenvalue weighted by molar-refractivity contribution is 0.0562. The molecule has 0 bridgehead atoms. The summed E-state index contributed by atoms with van der Waals surface area (Å²) in [5.74, 6) is 1.14. The van der Waals surface area contributed by atoms with Gasteiger partial charge in [0.05, 0.1) is 17.0 Å². The molecular weight excluding hydrogens is 302 g/mol. The van der Waals surface area contributed by atoms with E-state index in [-0.39, 0.29) is 11.8 Å². The number of likely N-dealkylation sites (tertiary alicyclic amines) is 1. The summed E-state index contributed by atoms with van der Waals surface area (Å²) in [6.45, 7) is 1.11. The molecule has 8 heteroatoms. The summed E-state index contributed by atoms with van der Waals surface area (Å²) in [5, 5.41) is 5.96. The lowest BCUT2D eigenvalue weighted by Crippen LogP contribution is -2.48. The summed E-state index contributed by atoms with van der Waals surface area (Å²) in [6, 6.07) is 3.89. The normalized spacial score (nSPS) is 14.8.